The summed E-state index contributed by atoms with van der Waals surface area (Å²) < 4.78 is 10.8. The molecule has 0 unspecified atom stereocenters. The lowest BCUT2D eigenvalue weighted by Gasteiger charge is -2.15. The third-order valence-electron chi connectivity index (χ3n) is 5.52. The molecular formula is C27H26N2O5. The average Bonchev–Trinajstić information content (AvgIpc) is 3.18. The quantitative estimate of drug-likeness (QED) is 0.477. The third-order valence-corrected chi connectivity index (χ3v) is 5.52. The van der Waals surface area contributed by atoms with Crippen molar-refractivity contribution < 1.29 is 24.2 Å². The Kier molecular flexibility index (Phi) is 7.25. The minimum atomic E-state index is -0.569. The van der Waals surface area contributed by atoms with Gasteiger partial charge >= 0.3 is 5.97 Å². The number of carbonyl (C=O) groups excluding carboxylic acids is 2. The number of rotatable bonds is 9. The summed E-state index contributed by atoms with van der Waals surface area (Å²) in [6, 6.07) is 25.4. The van der Waals surface area contributed by atoms with E-state index in [9.17, 15) is 14.7 Å². The van der Waals surface area contributed by atoms with Crippen LogP contribution in [0, 0.1) is 0 Å². The highest BCUT2D eigenvalue weighted by Crippen LogP contribution is 2.27. The number of anilines is 1. The molecule has 3 aromatic carbocycles. The number of aliphatic hydroxyl groups excluding tert-OH is 1. The fourth-order valence-corrected chi connectivity index (χ4v) is 3.75. The molecule has 7 heteroatoms. The van der Waals surface area contributed by atoms with Gasteiger partial charge in [-0.2, -0.15) is 0 Å². The number of amides is 1. The van der Waals surface area contributed by atoms with Gasteiger partial charge in [0.05, 0.1) is 25.8 Å². The molecule has 34 heavy (non-hydrogen) atoms. The van der Waals surface area contributed by atoms with Crippen molar-refractivity contribution >= 4 is 17.6 Å². The molecular weight excluding hydrogens is 432 g/mol. The smallest absolute Gasteiger partial charge is 0.337 e. The van der Waals surface area contributed by atoms with Crippen LogP contribution in [-0.2, 0) is 20.9 Å². The molecule has 0 atom stereocenters. The van der Waals surface area contributed by atoms with Crippen LogP contribution in [0.1, 0.15) is 5.56 Å². The average molecular weight is 459 g/mol. The molecule has 7 nitrogen and oxygen atoms in total. The van der Waals surface area contributed by atoms with Crippen LogP contribution in [0.5, 0.6) is 5.75 Å². The molecule has 4 rings (SSSR count). The SMILES string of the molecule is COC(=O)C1=C(Nc2ccc(-c3cccc(OCc4ccccc4)c3)cc2)C(=O)N(CCO)C1. The highest BCUT2D eigenvalue weighted by atomic mass is 16.5. The second kappa shape index (κ2) is 10.7. The van der Waals surface area contributed by atoms with E-state index in [-0.39, 0.29) is 36.9 Å². The number of nitrogens with one attached hydrogen (secondary N) is 1. The molecule has 0 saturated carbocycles. The molecule has 1 heterocycles. The molecule has 1 amide bonds. The van der Waals surface area contributed by atoms with Crippen molar-refractivity contribution in [3.05, 3.63) is 95.7 Å². The Morgan fingerprint density at radius 2 is 1.76 bits per heavy atom. The predicted molar refractivity (Wildman–Crippen MR) is 129 cm³/mol. The summed E-state index contributed by atoms with van der Waals surface area (Å²) >= 11 is 0. The van der Waals surface area contributed by atoms with Gasteiger partial charge in [0, 0.05) is 12.2 Å². The molecule has 0 fully saturated rings. The van der Waals surface area contributed by atoms with Crippen molar-refractivity contribution in [3.63, 3.8) is 0 Å². The molecule has 0 radical (unpaired) electrons. The van der Waals surface area contributed by atoms with Crippen LogP contribution in [0.15, 0.2) is 90.1 Å². The molecule has 0 spiro atoms. The highest BCUT2D eigenvalue weighted by Gasteiger charge is 2.34. The van der Waals surface area contributed by atoms with Gasteiger partial charge in [0.1, 0.15) is 18.1 Å². The van der Waals surface area contributed by atoms with Gasteiger partial charge in [-0.3, -0.25) is 4.79 Å². The van der Waals surface area contributed by atoms with E-state index in [4.69, 9.17) is 9.47 Å². The number of carbonyl (C=O) groups is 2. The first-order valence-corrected chi connectivity index (χ1v) is 10.9. The van der Waals surface area contributed by atoms with E-state index in [2.05, 4.69) is 5.32 Å². The van der Waals surface area contributed by atoms with Gasteiger partial charge < -0.3 is 24.8 Å². The van der Waals surface area contributed by atoms with Crippen molar-refractivity contribution in [1.29, 1.82) is 0 Å². The molecule has 1 aliphatic rings. The molecule has 0 saturated heterocycles. The van der Waals surface area contributed by atoms with Crippen molar-refractivity contribution in [2.75, 3.05) is 32.1 Å². The van der Waals surface area contributed by atoms with E-state index < -0.39 is 5.97 Å². The number of aliphatic hydroxyl groups is 1. The number of esters is 1. The van der Waals surface area contributed by atoms with Crippen LogP contribution < -0.4 is 10.1 Å². The minimum absolute atomic E-state index is 0.0995. The van der Waals surface area contributed by atoms with Crippen LogP contribution in [-0.4, -0.2) is 48.7 Å². The van der Waals surface area contributed by atoms with Crippen LogP contribution in [0.25, 0.3) is 11.1 Å². The lowest BCUT2D eigenvalue weighted by molar-refractivity contribution is -0.136. The van der Waals surface area contributed by atoms with Crippen LogP contribution in [0.3, 0.4) is 0 Å². The maximum absolute atomic E-state index is 12.7. The largest absolute Gasteiger partial charge is 0.489 e. The predicted octanol–water partition coefficient (Wildman–Crippen LogP) is 3.61. The zero-order chi connectivity index (χ0) is 23.9. The normalized spacial score (nSPS) is 13.2. The third kappa shape index (κ3) is 5.27. The van der Waals surface area contributed by atoms with Gasteiger partial charge in [-0.05, 0) is 41.0 Å². The monoisotopic (exact) mass is 458 g/mol. The Balaban J connectivity index is 1.48. The lowest BCUT2D eigenvalue weighted by atomic mass is 10.0. The van der Waals surface area contributed by atoms with E-state index in [0.29, 0.717) is 12.3 Å². The number of hydrogen-bond acceptors (Lipinski definition) is 6. The molecule has 0 bridgehead atoms. The first kappa shape index (κ1) is 23.1. The maximum atomic E-state index is 12.7. The lowest BCUT2D eigenvalue weighted by Crippen LogP contribution is -2.31. The van der Waals surface area contributed by atoms with Crippen molar-refractivity contribution in [2.24, 2.45) is 0 Å². The zero-order valence-electron chi connectivity index (χ0n) is 18.9. The van der Waals surface area contributed by atoms with Gasteiger partial charge in [-0.1, -0.05) is 54.6 Å². The van der Waals surface area contributed by atoms with Gasteiger partial charge in [-0.15, -0.1) is 0 Å². The fourth-order valence-electron chi connectivity index (χ4n) is 3.75. The standard InChI is InChI=1S/C27H26N2O5/c1-33-27(32)24-17-29(14-15-30)26(31)25(24)28-22-12-10-20(11-13-22)21-8-5-9-23(16-21)34-18-19-6-3-2-4-7-19/h2-13,16,28,30H,14-15,17-18H2,1H3. The van der Waals surface area contributed by atoms with E-state index in [1.807, 2.05) is 78.9 Å². The van der Waals surface area contributed by atoms with Crippen molar-refractivity contribution in [1.82, 2.24) is 4.90 Å². The highest BCUT2D eigenvalue weighted by molar-refractivity contribution is 6.08. The number of nitrogens with zero attached hydrogens (tertiary/aromatic N) is 1. The molecule has 3 aromatic rings. The van der Waals surface area contributed by atoms with E-state index >= 15 is 0 Å². The Hall–Kier alpha value is -4.10. The van der Waals surface area contributed by atoms with Crippen LogP contribution in [0.2, 0.25) is 0 Å². The topological polar surface area (TPSA) is 88.1 Å². The van der Waals surface area contributed by atoms with Gasteiger partial charge in [-0.25, -0.2) is 4.79 Å². The number of β-amino-alcohol motifs (C(OH)–C–C–N with tert-alkyl or cyclic N) is 1. The summed E-state index contributed by atoms with van der Waals surface area (Å²) in [6.45, 7) is 0.552. The van der Waals surface area contributed by atoms with E-state index in [1.54, 1.807) is 0 Å². The maximum Gasteiger partial charge on any atom is 0.337 e. The first-order valence-electron chi connectivity index (χ1n) is 10.9. The van der Waals surface area contributed by atoms with E-state index in [0.717, 1.165) is 22.4 Å². The molecule has 1 aliphatic heterocycles. The van der Waals surface area contributed by atoms with Crippen LogP contribution >= 0.6 is 0 Å². The second-order valence-corrected chi connectivity index (χ2v) is 7.80. The van der Waals surface area contributed by atoms with Gasteiger partial charge in [0.2, 0.25) is 0 Å². The second-order valence-electron chi connectivity index (χ2n) is 7.80. The molecule has 0 aromatic heterocycles. The van der Waals surface area contributed by atoms with Crippen LogP contribution in [0.4, 0.5) is 5.69 Å². The Bertz CT molecular complexity index is 1190. The Morgan fingerprint density at radius 1 is 1.00 bits per heavy atom. The fraction of sp³-hybridized carbons (Fsp3) is 0.185. The molecule has 0 aliphatic carbocycles. The summed E-state index contributed by atoms with van der Waals surface area (Å²) in [4.78, 5) is 26.3. The summed E-state index contributed by atoms with van der Waals surface area (Å²) in [7, 11) is 1.28. The summed E-state index contributed by atoms with van der Waals surface area (Å²) in [6.07, 6.45) is 0. The minimum Gasteiger partial charge on any atom is -0.489 e. The Labute approximate surface area is 198 Å². The number of methoxy groups -OCH3 is 1. The first-order chi connectivity index (χ1) is 16.6. The molecule has 174 valence electrons. The van der Waals surface area contributed by atoms with Crippen molar-refractivity contribution in [2.45, 2.75) is 6.61 Å². The summed E-state index contributed by atoms with van der Waals surface area (Å²) in [5.74, 6) is -0.140. The molecule has 2 N–H and O–H groups in total. The number of ether oxygens (including phenoxy) is 2. The van der Waals surface area contributed by atoms with Crippen molar-refractivity contribution in [3.8, 4) is 16.9 Å². The number of benzene rings is 3. The summed E-state index contributed by atoms with van der Waals surface area (Å²) in [5.41, 5.74) is 4.16. The van der Waals surface area contributed by atoms with Gasteiger partial charge in [0.25, 0.3) is 5.91 Å². The summed E-state index contributed by atoms with van der Waals surface area (Å²) in [5, 5.41) is 12.2. The van der Waals surface area contributed by atoms with E-state index in [1.165, 1.54) is 12.0 Å². The Morgan fingerprint density at radius 3 is 2.47 bits per heavy atom. The number of hydrogen-bond donors (Lipinski definition) is 2. The zero-order valence-corrected chi connectivity index (χ0v) is 18.9. The van der Waals surface area contributed by atoms with Gasteiger partial charge in [0.15, 0.2) is 0 Å².